The van der Waals surface area contributed by atoms with Crippen LogP contribution in [-0.4, -0.2) is 26.3 Å². The van der Waals surface area contributed by atoms with Gasteiger partial charge in [0.15, 0.2) is 0 Å². The van der Waals surface area contributed by atoms with Crippen LogP contribution in [0, 0.1) is 5.82 Å². The second-order valence-electron chi connectivity index (χ2n) is 6.87. The Balaban J connectivity index is 2.59. The first kappa shape index (κ1) is 20.1. The van der Waals surface area contributed by atoms with Gasteiger partial charge in [-0.3, -0.25) is 4.18 Å². The van der Waals surface area contributed by atoms with Crippen LogP contribution >= 0.6 is 15.9 Å². The topological polar surface area (TPSA) is 55.8 Å². The molecule has 1 heterocycles. The molecule has 0 spiro atoms. The minimum Gasteiger partial charge on any atom is -0.443 e. The number of carbonyl (C=O) groups excluding carboxylic acids is 1. The molecule has 138 valence electrons. The van der Waals surface area contributed by atoms with Crippen LogP contribution in [0.3, 0.4) is 0 Å². The molecule has 1 amide bonds. The van der Waals surface area contributed by atoms with Crippen LogP contribution in [-0.2, 0) is 25.7 Å². The van der Waals surface area contributed by atoms with E-state index in [0.29, 0.717) is 4.47 Å². The van der Waals surface area contributed by atoms with Gasteiger partial charge in [0.1, 0.15) is 23.1 Å². The molecule has 0 N–H and O–H groups in total. The van der Waals surface area contributed by atoms with Crippen molar-refractivity contribution < 1.29 is 22.3 Å². The Labute approximate surface area is 158 Å². The summed E-state index contributed by atoms with van der Waals surface area (Å²) in [4.78, 5) is 12.7. The number of hydrogen-bond acceptors (Lipinski definition) is 4. The Morgan fingerprint density at radius 3 is 2.76 bits per heavy atom. The molecule has 5 nitrogen and oxygen atoms in total. The molecule has 1 fully saturated rings. The van der Waals surface area contributed by atoms with Crippen LogP contribution < -0.4 is 0 Å². The zero-order valence-electron chi connectivity index (χ0n) is 14.5. The highest BCUT2D eigenvalue weighted by Crippen LogP contribution is 2.45. The fourth-order valence-electron chi connectivity index (χ4n) is 2.66. The van der Waals surface area contributed by atoms with Crippen molar-refractivity contribution in [3.63, 3.8) is 0 Å². The van der Waals surface area contributed by atoms with E-state index in [1.54, 1.807) is 45.9 Å². The van der Waals surface area contributed by atoms with E-state index >= 15 is 0 Å². The second-order valence-corrected chi connectivity index (χ2v) is 8.78. The lowest BCUT2D eigenvalue weighted by Crippen LogP contribution is -2.50. The van der Waals surface area contributed by atoms with E-state index in [-0.39, 0.29) is 12.0 Å². The molecule has 8 heteroatoms. The van der Waals surface area contributed by atoms with Crippen LogP contribution in [0.2, 0.25) is 0 Å². The van der Waals surface area contributed by atoms with Crippen molar-refractivity contribution in [1.29, 1.82) is 0 Å². The first-order chi connectivity index (χ1) is 11.5. The maximum Gasteiger partial charge on any atom is 0.424 e. The van der Waals surface area contributed by atoms with Gasteiger partial charge < -0.3 is 4.74 Å². The number of carbonyl (C=O) groups is 1. The van der Waals surface area contributed by atoms with Crippen molar-refractivity contribution in [3.8, 4) is 0 Å². The number of halogens is 2. The average molecular weight is 434 g/mol. The summed E-state index contributed by atoms with van der Waals surface area (Å²) >= 11 is 1.20. The molecular weight excluding hydrogens is 413 g/mol. The van der Waals surface area contributed by atoms with Gasteiger partial charge in [-0.25, -0.2) is 13.4 Å². The maximum absolute atomic E-state index is 14.6. The number of nitrogens with zero attached hydrogens (tertiary/aromatic N) is 1. The van der Waals surface area contributed by atoms with Gasteiger partial charge in [0.25, 0.3) is 11.3 Å². The minimum absolute atomic E-state index is 0.186. The summed E-state index contributed by atoms with van der Waals surface area (Å²) in [6.07, 6.45) is 0.295. The Kier molecular flexibility index (Phi) is 5.75. The van der Waals surface area contributed by atoms with E-state index in [4.69, 9.17) is 8.92 Å². The van der Waals surface area contributed by atoms with Crippen molar-refractivity contribution in [2.75, 3.05) is 0 Å². The molecule has 0 radical (unpaired) electrons. The smallest absolute Gasteiger partial charge is 0.424 e. The summed E-state index contributed by atoms with van der Waals surface area (Å²) in [5, 5.41) is 0. The van der Waals surface area contributed by atoms with Crippen molar-refractivity contribution in [2.24, 2.45) is 0 Å². The van der Waals surface area contributed by atoms with Crippen LogP contribution in [0.1, 0.15) is 39.7 Å². The molecule has 25 heavy (non-hydrogen) atoms. The van der Waals surface area contributed by atoms with E-state index in [9.17, 15) is 13.4 Å². The zero-order chi connectivity index (χ0) is 19.0. The fourth-order valence-corrected chi connectivity index (χ4v) is 4.26. The summed E-state index contributed by atoms with van der Waals surface area (Å²) in [6, 6.07) is 4.38. The van der Waals surface area contributed by atoms with Crippen molar-refractivity contribution in [1.82, 2.24) is 4.31 Å². The molecule has 0 bridgehead atoms. The predicted molar refractivity (Wildman–Crippen MR) is 97.4 cm³/mol. The molecule has 0 aliphatic carbocycles. The molecule has 1 aliphatic heterocycles. The van der Waals surface area contributed by atoms with Crippen LogP contribution in [0.4, 0.5) is 9.18 Å². The lowest BCUT2D eigenvalue weighted by molar-refractivity contribution is 0.0191. The van der Waals surface area contributed by atoms with Gasteiger partial charge in [-0.15, -0.1) is 6.58 Å². The normalized spacial score (nSPS) is 26.6. The number of ether oxygens (including phenoxy) is 1. The molecule has 3 atom stereocenters. The predicted octanol–water partition coefficient (Wildman–Crippen LogP) is 4.59. The number of hydrogen-bond donors (Lipinski definition) is 0. The van der Waals surface area contributed by atoms with Gasteiger partial charge in [-0.05, 0) is 52.3 Å². The minimum atomic E-state index is -2.11. The average Bonchev–Trinajstić information content (AvgIpc) is 2.72. The quantitative estimate of drug-likeness (QED) is 0.653. The molecule has 1 aromatic carbocycles. The largest absolute Gasteiger partial charge is 0.443 e. The molecule has 1 aromatic rings. The highest BCUT2D eigenvalue weighted by molar-refractivity contribution is 9.10. The lowest BCUT2D eigenvalue weighted by Gasteiger charge is -2.36. The van der Waals surface area contributed by atoms with Crippen LogP contribution in [0.15, 0.2) is 35.3 Å². The molecule has 0 aromatic heterocycles. The lowest BCUT2D eigenvalue weighted by atomic mass is 9.84. The zero-order valence-corrected chi connectivity index (χ0v) is 16.9. The Morgan fingerprint density at radius 1 is 1.56 bits per heavy atom. The van der Waals surface area contributed by atoms with E-state index in [1.165, 1.54) is 6.07 Å². The Bertz CT molecular complexity index is 721. The summed E-state index contributed by atoms with van der Waals surface area (Å²) < 4.78 is 39.5. The molecular formula is C17H21BrFNO4S. The number of benzene rings is 1. The molecule has 1 aliphatic rings. The van der Waals surface area contributed by atoms with Crippen LogP contribution in [0.5, 0.6) is 0 Å². The highest BCUT2D eigenvalue weighted by atomic mass is 79.9. The summed E-state index contributed by atoms with van der Waals surface area (Å²) in [5.74, 6) is -0.532. The van der Waals surface area contributed by atoms with E-state index in [0.717, 1.165) is 4.31 Å². The van der Waals surface area contributed by atoms with Gasteiger partial charge in [-0.1, -0.05) is 22.0 Å². The fraction of sp³-hybridized carbons (Fsp3) is 0.471. The molecule has 0 saturated carbocycles. The van der Waals surface area contributed by atoms with E-state index in [1.807, 2.05) is 0 Å². The van der Waals surface area contributed by atoms with Gasteiger partial charge >= 0.3 is 6.09 Å². The summed E-state index contributed by atoms with van der Waals surface area (Å²) in [5.41, 5.74) is -1.94. The molecule has 2 unspecified atom stereocenters. The Hall–Kier alpha value is -1.25. The van der Waals surface area contributed by atoms with Crippen molar-refractivity contribution >= 4 is 33.3 Å². The molecule has 1 saturated heterocycles. The standard InChI is InChI=1S/C17H21BrFNO4S/c1-6-7-14-17(5,12-10-11(18)8-9-13(12)19)20(25(22)24-14)15(21)23-16(2,3)4/h6,8-10,14H,1,7H2,2-5H3/t14?,17-,25?/m1/s1. The van der Waals surface area contributed by atoms with Crippen LogP contribution in [0.25, 0.3) is 0 Å². The highest BCUT2D eigenvalue weighted by Gasteiger charge is 2.56. The first-order valence-corrected chi connectivity index (χ1v) is 9.52. The summed E-state index contributed by atoms with van der Waals surface area (Å²) in [6.45, 7) is 10.4. The number of amides is 1. The van der Waals surface area contributed by atoms with Gasteiger partial charge in [-0.2, -0.15) is 4.31 Å². The van der Waals surface area contributed by atoms with E-state index < -0.39 is 40.4 Å². The molecule has 2 rings (SSSR count). The Morgan fingerprint density at radius 2 is 2.20 bits per heavy atom. The SMILES string of the molecule is C=CCC1OS(=O)N(C(=O)OC(C)(C)C)[C@]1(C)c1cc(Br)ccc1F. The van der Waals surface area contributed by atoms with Gasteiger partial charge in [0, 0.05) is 10.0 Å². The van der Waals surface area contributed by atoms with Gasteiger partial charge in [0.2, 0.25) is 0 Å². The third-order valence-electron chi connectivity index (χ3n) is 3.81. The van der Waals surface area contributed by atoms with Crippen molar-refractivity contribution in [2.45, 2.75) is 51.4 Å². The van der Waals surface area contributed by atoms with Gasteiger partial charge in [0.05, 0.1) is 0 Å². The monoisotopic (exact) mass is 433 g/mol. The first-order valence-electron chi connectivity index (χ1n) is 7.69. The maximum atomic E-state index is 14.6. The van der Waals surface area contributed by atoms with Crippen molar-refractivity contribution in [3.05, 3.63) is 46.7 Å². The second kappa shape index (κ2) is 7.17. The third kappa shape index (κ3) is 3.96. The summed E-state index contributed by atoms with van der Waals surface area (Å²) in [7, 11) is 0. The van der Waals surface area contributed by atoms with E-state index in [2.05, 4.69) is 22.5 Å². The third-order valence-corrected chi connectivity index (χ3v) is 5.53. The number of rotatable bonds is 3.